The third kappa shape index (κ3) is 10.2. The molecule has 26 heteroatoms. The van der Waals surface area contributed by atoms with E-state index in [2.05, 4.69) is 31.1 Å². The normalized spacial score (nSPS) is 12.5. The molecule has 6 aromatic carbocycles. The molecule has 0 spiro atoms. The summed E-state index contributed by atoms with van der Waals surface area (Å²) in [6.07, 6.45) is 0. The number of phenols is 2. The molecule has 21 nitrogen and oxygen atoms in total. The van der Waals surface area contributed by atoms with Gasteiger partial charge in [0.05, 0.1) is 21.2 Å². The monoisotopic (exact) mass is 895 g/mol. The Hall–Kier alpha value is -5.45. The third-order valence-corrected chi connectivity index (χ3v) is 11.4. The van der Waals surface area contributed by atoms with Gasteiger partial charge in [0.2, 0.25) is 0 Å². The second-order valence-electron chi connectivity index (χ2n) is 11.9. The zero-order chi connectivity index (χ0) is 42.4. The first-order chi connectivity index (χ1) is 27.0. The van der Waals surface area contributed by atoms with Gasteiger partial charge in [-0.1, -0.05) is 0 Å². The molecule has 0 saturated carbocycles. The summed E-state index contributed by atoms with van der Waals surface area (Å²) in [5, 5.41) is 41.9. The second-order valence-corrected chi connectivity index (χ2v) is 17.5. The number of hydrogen-bond donors (Lipinski definition) is 8. The maximum Gasteiger partial charge on any atom is 1.00 e. The Kier molecular flexibility index (Phi) is 12.6. The Labute approximate surface area is 355 Å². The fourth-order valence-electron chi connectivity index (χ4n) is 5.32. The molecule has 0 saturated heterocycles. The van der Waals surface area contributed by atoms with Crippen molar-refractivity contribution in [3.63, 3.8) is 0 Å². The Balaban J connectivity index is 0.00000661. The Morgan fingerprint density at radius 3 is 1.10 bits per heavy atom. The number of carbonyl (C=O) groups excluding carboxylic acids is 1. The van der Waals surface area contributed by atoms with Gasteiger partial charge in [-0.3, -0.25) is 18.2 Å². The van der Waals surface area contributed by atoms with E-state index >= 15 is 0 Å². The molecule has 0 aliphatic rings. The number of benzene rings is 6. The fourth-order valence-corrected chi connectivity index (χ4v) is 7.60. The number of fused-ring (bicyclic) bond motifs is 2. The molecule has 6 aromatic rings. The third-order valence-electron chi connectivity index (χ3n) is 7.97. The van der Waals surface area contributed by atoms with Gasteiger partial charge < -0.3 is 20.8 Å². The molecular weight excluding hydrogens is 872 g/mol. The molecule has 0 aliphatic carbocycles. The second kappa shape index (κ2) is 16.7. The number of aromatic hydroxyl groups is 2. The van der Waals surface area contributed by atoms with Crippen LogP contribution in [0.2, 0.25) is 0 Å². The van der Waals surface area contributed by atoms with Crippen LogP contribution in [0.3, 0.4) is 0 Å². The summed E-state index contributed by atoms with van der Waals surface area (Å²) in [5.41, 5.74) is -1.27. The maximum absolute atomic E-state index is 13.0. The predicted molar refractivity (Wildman–Crippen MR) is 204 cm³/mol. The molecule has 6 rings (SSSR count). The van der Waals surface area contributed by atoms with Crippen LogP contribution in [0.1, 0.15) is 0 Å². The fraction of sp³-hybridized carbons (Fsp3) is 0. The van der Waals surface area contributed by atoms with E-state index in [1.165, 1.54) is 36.4 Å². The molecule has 0 unspecified atom stereocenters. The summed E-state index contributed by atoms with van der Waals surface area (Å²) in [7, 11) is -19.1. The number of nitrogens with zero attached hydrogens (tertiary/aromatic N) is 4. The Morgan fingerprint density at radius 1 is 0.458 bits per heavy atom. The number of amides is 2. The predicted octanol–water partition coefficient (Wildman–Crippen LogP) is 3.87. The van der Waals surface area contributed by atoms with Gasteiger partial charge in [0, 0.05) is 22.1 Å². The molecule has 0 aliphatic heterocycles. The van der Waals surface area contributed by atoms with E-state index < -0.39 is 89.0 Å². The molecule has 0 radical (unpaired) electrons. The minimum Gasteiger partial charge on any atom is -0.505 e. The molecule has 300 valence electrons. The first-order valence-corrected chi connectivity index (χ1v) is 21.4. The van der Waals surface area contributed by atoms with Gasteiger partial charge >= 0.3 is 35.6 Å². The number of phenolic OH excluding ortho intramolecular Hbond substituents is 2. The number of rotatable bonds is 10. The van der Waals surface area contributed by atoms with Gasteiger partial charge in [0.1, 0.15) is 21.2 Å². The van der Waals surface area contributed by atoms with Crippen LogP contribution in [-0.2, 0) is 40.5 Å². The summed E-state index contributed by atoms with van der Waals surface area (Å²) in [5.74, 6) is -1.47. The molecule has 0 atom stereocenters. The molecule has 8 N–H and O–H groups in total. The molecule has 0 heterocycles. The number of anilines is 2. The minimum atomic E-state index is -5.05. The molecule has 0 fully saturated rings. The first-order valence-electron chi connectivity index (χ1n) is 15.6. The average molecular weight is 896 g/mol. The van der Waals surface area contributed by atoms with Gasteiger partial charge in [-0.25, -0.2) is 4.79 Å². The molecular formula is C33H24N6NaO15S4+. The SMILES string of the molecule is O=C(Nc1ccc2c(O)c(N=Nc3ccc(S(=O)(=O)O)cc3)c(S(=O)(=O)O)cc2c1)Nc1ccc2c(O)c(N=Nc3ccc(S(=O)(=O)O)cc3)c(S(=O)(=O)O)cc2c1.[Na+]. The largest absolute Gasteiger partial charge is 1.00 e. The van der Waals surface area contributed by atoms with Crippen LogP contribution in [0.15, 0.2) is 137 Å². The van der Waals surface area contributed by atoms with Gasteiger partial charge in [-0.2, -0.15) is 43.9 Å². The maximum atomic E-state index is 13.0. The quantitative estimate of drug-likeness (QED) is 0.0550. The Bertz CT molecular complexity index is 2990. The van der Waals surface area contributed by atoms with Crippen LogP contribution < -0.4 is 40.2 Å². The van der Waals surface area contributed by atoms with E-state index in [1.54, 1.807) is 0 Å². The van der Waals surface area contributed by atoms with Gasteiger partial charge in [0.15, 0.2) is 11.5 Å². The van der Waals surface area contributed by atoms with E-state index in [4.69, 9.17) is 9.11 Å². The first kappa shape index (κ1) is 44.6. The van der Waals surface area contributed by atoms with Crippen LogP contribution in [-0.4, -0.2) is 68.1 Å². The van der Waals surface area contributed by atoms with E-state index in [0.29, 0.717) is 0 Å². The summed E-state index contributed by atoms with van der Waals surface area (Å²) in [6.45, 7) is 0. The number of nitrogens with one attached hydrogen (secondary N) is 2. The topological polar surface area (TPSA) is 349 Å². The van der Waals surface area contributed by atoms with Crippen molar-refractivity contribution in [1.29, 1.82) is 0 Å². The van der Waals surface area contributed by atoms with Gasteiger partial charge in [-0.05, 0) is 108 Å². The van der Waals surface area contributed by atoms with Crippen LogP contribution in [0, 0.1) is 0 Å². The van der Waals surface area contributed by atoms with Crippen molar-refractivity contribution in [3.8, 4) is 11.5 Å². The summed E-state index contributed by atoms with van der Waals surface area (Å²) in [6, 6.07) is 17.2. The van der Waals surface area contributed by atoms with Crippen molar-refractivity contribution in [1.82, 2.24) is 0 Å². The summed E-state index contributed by atoms with van der Waals surface area (Å²) < 4.78 is 132. The van der Waals surface area contributed by atoms with E-state index in [-0.39, 0.29) is 73.9 Å². The molecule has 0 bridgehead atoms. The van der Waals surface area contributed by atoms with Crippen LogP contribution in [0.25, 0.3) is 21.5 Å². The number of urea groups is 1. The zero-order valence-corrected chi connectivity index (χ0v) is 34.8. The van der Waals surface area contributed by atoms with Crippen molar-refractivity contribution >= 4 is 102 Å². The van der Waals surface area contributed by atoms with E-state index in [1.807, 2.05) is 0 Å². The van der Waals surface area contributed by atoms with Gasteiger partial charge in [-0.15, -0.1) is 10.2 Å². The van der Waals surface area contributed by atoms with Crippen molar-refractivity contribution in [2.24, 2.45) is 20.5 Å². The molecule has 0 aromatic heterocycles. The van der Waals surface area contributed by atoms with Crippen molar-refractivity contribution < 1.29 is 96.4 Å². The Morgan fingerprint density at radius 2 is 0.797 bits per heavy atom. The van der Waals surface area contributed by atoms with Crippen LogP contribution in [0.4, 0.5) is 38.9 Å². The smallest absolute Gasteiger partial charge is 0.505 e. The number of azo groups is 2. The van der Waals surface area contributed by atoms with Gasteiger partial charge in [0.25, 0.3) is 40.5 Å². The average Bonchev–Trinajstić information content (AvgIpc) is 3.12. The summed E-state index contributed by atoms with van der Waals surface area (Å²) >= 11 is 0. The van der Waals surface area contributed by atoms with E-state index in [0.717, 1.165) is 60.7 Å². The minimum absolute atomic E-state index is 0. The molecule has 59 heavy (non-hydrogen) atoms. The van der Waals surface area contributed by atoms with Crippen LogP contribution >= 0.6 is 0 Å². The van der Waals surface area contributed by atoms with Crippen molar-refractivity contribution in [3.05, 3.63) is 97.1 Å². The van der Waals surface area contributed by atoms with Crippen molar-refractivity contribution in [2.75, 3.05) is 10.6 Å². The van der Waals surface area contributed by atoms with E-state index in [9.17, 15) is 57.8 Å². The van der Waals surface area contributed by atoms with Crippen LogP contribution in [0.5, 0.6) is 11.5 Å². The standard InChI is InChI=1S/C33H24N6O15S4.Na/c40-31-25-11-5-21(13-17(25)15-27(57(49,50)51)29(31)38-36-19-1-7-23(8-2-19)55(43,44)45)34-33(42)35-22-6-12-26-18(14-22)16-28(58(52,53)54)30(32(26)41)39-37-20-3-9-24(10-4-20)56(46,47)48;/h1-16,40-41H,(H2,34,35,42)(H,43,44,45)(H,46,47,48)(H,49,50,51)(H,52,53,54);/q;+1. The molecule has 2 amide bonds. The van der Waals surface area contributed by atoms with Crippen molar-refractivity contribution in [2.45, 2.75) is 19.6 Å². The zero-order valence-electron chi connectivity index (χ0n) is 29.5. The number of hydrogen-bond acceptors (Lipinski definition) is 15. The number of carbonyl (C=O) groups is 1. The summed E-state index contributed by atoms with van der Waals surface area (Å²) in [4.78, 5) is 10.3.